The van der Waals surface area contributed by atoms with Gasteiger partial charge in [0.1, 0.15) is 11.5 Å². The first-order valence-electron chi connectivity index (χ1n) is 11.2. The minimum atomic E-state index is -0.309. The van der Waals surface area contributed by atoms with Gasteiger partial charge in [-0.05, 0) is 61.4 Å². The fourth-order valence-corrected chi connectivity index (χ4v) is 4.40. The minimum absolute atomic E-state index is 0.237. The number of benzene rings is 1. The maximum Gasteiger partial charge on any atom is 0.269 e. The first-order valence-corrected chi connectivity index (χ1v) is 11.2. The smallest absolute Gasteiger partial charge is 0.269 e. The van der Waals surface area contributed by atoms with E-state index in [9.17, 15) is 9.18 Å². The van der Waals surface area contributed by atoms with Crippen LogP contribution in [0.1, 0.15) is 47.9 Å². The normalized spacial score (nSPS) is 14.0. The number of hydrogen-bond acceptors (Lipinski definition) is 4. The molecular formula is C25H25FN6O. The lowest BCUT2D eigenvalue weighted by Gasteiger charge is -2.14. The lowest BCUT2D eigenvalue weighted by molar-refractivity contribution is 0.0941. The SMILES string of the molecule is Cn1nc(-c2ccc(F)cc2)cc1C(=O)NCc1cc(-c2ccncc2)n(C2CCCC2)n1. The van der Waals surface area contributed by atoms with Crippen molar-refractivity contribution < 1.29 is 9.18 Å². The average molecular weight is 445 g/mol. The molecular weight excluding hydrogens is 419 g/mol. The molecule has 1 N–H and O–H groups in total. The fourth-order valence-electron chi connectivity index (χ4n) is 4.40. The number of rotatable bonds is 6. The molecule has 3 aromatic heterocycles. The van der Waals surface area contributed by atoms with Gasteiger partial charge in [0.05, 0.1) is 29.7 Å². The van der Waals surface area contributed by atoms with Crippen LogP contribution in [0.2, 0.25) is 0 Å². The van der Waals surface area contributed by atoms with Gasteiger partial charge in [-0.15, -0.1) is 0 Å². The summed E-state index contributed by atoms with van der Waals surface area (Å²) in [6.45, 7) is 0.313. The third-order valence-electron chi connectivity index (χ3n) is 6.12. The zero-order valence-corrected chi connectivity index (χ0v) is 18.4. The van der Waals surface area contributed by atoms with Crippen molar-refractivity contribution in [2.24, 2.45) is 7.05 Å². The highest BCUT2D eigenvalue weighted by molar-refractivity contribution is 5.93. The molecule has 1 fully saturated rings. The largest absolute Gasteiger partial charge is 0.345 e. The molecule has 0 aliphatic heterocycles. The molecule has 0 saturated heterocycles. The quantitative estimate of drug-likeness (QED) is 0.474. The molecule has 1 aliphatic carbocycles. The Morgan fingerprint density at radius 3 is 2.48 bits per heavy atom. The zero-order chi connectivity index (χ0) is 22.8. The Balaban J connectivity index is 1.34. The third-order valence-corrected chi connectivity index (χ3v) is 6.12. The van der Waals surface area contributed by atoms with Crippen molar-refractivity contribution >= 4 is 5.91 Å². The van der Waals surface area contributed by atoms with Crippen molar-refractivity contribution in [1.29, 1.82) is 0 Å². The molecule has 0 bridgehead atoms. The summed E-state index contributed by atoms with van der Waals surface area (Å²) in [6, 6.07) is 14.2. The van der Waals surface area contributed by atoms with E-state index in [-0.39, 0.29) is 11.7 Å². The van der Waals surface area contributed by atoms with Crippen molar-refractivity contribution in [3.05, 3.63) is 78.1 Å². The summed E-state index contributed by atoms with van der Waals surface area (Å²) in [6.07, 6.45) is 8.22. The standard InChI is InChI=1S/C25H25FN6O/c1-31-24(15-22(30-31)17-6-8-19(26)9-7-17)25(33)28-16-20-14-23(18-10-12-27-13-11-18)32(29-20)21-4-2-3-5-21/h6-15,21H,2-5,16H2,1H3,(H,28,33). The second-order valence-corrected chi connectivity index (χ2v) is 8.37. The van der Waals surface area contributed by atoms with Crippen LogP contribution in [0.25, 0.3) is 22.5 Å². The number of hydrogen-bond donors (Lipinski definition) is 1. The van der Waals surface area contributed by atoms with E-state index < -0.39 is 0 Å². The molecule has 5 rings (SSSR count). The third kappa shape index (κ3) is 4.41. The maximum atomic E-state index is 13.2. The number of nitrogens with zero attached hydrogens (tertiary/aromatic N) is 5. The second kappa shape index (κ2) is 8.97. The molecule has 33 heavy (non-hydrogen) atoms. The van der Waals surface area contributed by atoms with Gasteiger partial charge < -0.3 is 5.32 Å². The number of carbonyl (C=O) groups excluding carboxylic acids is 1. The van der Waals surface area contributed by atoms with Gasteiger partial charge >= 0.3 is 0 Å². The second-order valence-electron chi connectivity index (χ2n) is 8.37. The monoisotopic (exact) mass is 444 g/mol. The van der Waals surface area contributed by atoms with Crippen molar-refractivity contribution in [3.63, 3.8) is 0 Å². The summed E-state index contributed by atoms with van der Waals surface area (Å²) < 4.78 is 16.9. The highest BCUT2D eigenvalue weighted by atomic mass is 19.1. The Kier molecular flexibility index (Phi) is 5.73. The van der Waals surface area contributed by atoms with Crippen LogP contribution in [0.4, 0.5) is 4.39 Å². The Bertz CT molecular complexity index is 1260. The summed E-state index contributed by atoms with van der Waals surface area (Å²) in [5, 5.41) is 12.2. The Morgan fingerprint density at radius 2 is 1.76 bits per heavy atom. The van der Waals surface area contributed by atoms with Crippen molar-refractivity contribution in [1.82, 2.24) is 29.9 Å². The molecule has 1 aliphatic rings. The molecule has 3 heterocycles. The lowest BCUT2D eigenvalue weighted by Crippen LogP contribution is -2.25. The Hall–Kier alpha value is -3.81. The van der Waals surface area contributed by atoms with E-state index >= 15 is 0 Å². The highest BCUT2D eigenvalue weighted by Gasteiger charge is 2.22. The van der Waals surface area contributed by atoms with E-state index in [1.54, 1.807) is 37.6 Å². The molecule has 0 spiro atoms. The number of carbonyl (C=O) groups is 1. The fraction of sp³-hybridized carbons (Fsp3) is 0.280. The number of nitrogens with one attached hydrogen (secondary N) is 1. The number of aromatic nitrogens is 5. The first-order chi connectivity index (χ1) is 16.1. The van der Waals surface area contributed by atoms with Gasteiger partial charge in [-0.1, -0.05) is 12.8 Å². The number of aryl methyl sites for hydroxylation is 1. The van der Waals surface area contributed by atoms with Gasteiger partial charge in [-0.25, -0.2) is 4.39 Å². The molecule has 0 unspecified atom stereocenters. The average Bonchev–Trinajstić information content (AvgIpc) is 3.58. The maximum absolute atomic E-state index is 13.2. The first kappa shape index (κ1) is 21.1. The Morgan fingerprint density at radius 1 is 1.03 bits per heavy atom. The van der Waals surface area contributed by atoms with Gasteiger partial charge in [0.25, 0.3) is 5.91 Å². The van der Waals surface area contributed by atoms with Gasteiger partial charge in [-0.2, -0.15) is 10.2 Å². The topological polar surface area (TPSA) is 77.6 Å². The lowest BCUT2D eigenvalue weighted by atomic mass is 10.1. The van der Waals surface area contributed by atoms with E-state index in [0.29, 0.717) is 24.0 Å². The molecule has 1 saturated carbocycles. The van der Waals surface area contributed by atoms with E-state index in [4.69, 9.17) is 5.10 Å². The molecule has 4 aromatic rings. The molecule has 1 amide bonds. The van der Waals surface area contributed by atoms with Crippen LogP contribution in [-0.4, -0.2) is 30.5 Å². The van der Waals surface area contributed by atoms with Crippen LogP contribution in [0.15, 0.2) is 60.9 Å². The van der Waals surface area contributed by atoms with Gasteiger partial charge in [0.2, 0.25) is 0 Å². The summed E-state index contributed by atoms with van der Waals surface area (Å²) in [4.78, 5) is 17.0. The van der Waals surface area contributed by atoms with Gasteiger partial charge in [-0.3, -0.25) is 19.1 Å². The minimum Gasteiger partial charge on any atom is -0.345 e. The van der Waals surface area contributed by atoms with Gasteiger partial charge in [0.15, 0.2) is 0 Å². The van der Waals surface area contributed by atoms with Gasteiger partial charge in [0, 0.05) is 30.6 Å². The molecule has 1 aromatic carbocycles. The zero-order valence-electron chi connectivity index (χ0n) is 18.4. The van der Waals surface area contributed by atoms with Crippen LogP contribution >= 0.6 is 0 Å². The summed E-state index contributed by atoms with van der Waals surface area (Å²) in [7, 11) is 1.72. The molecule has 0 radical (unpaired) electrons. The van der Waals surface area contributed by atoms with Crippen LogP contribution in [0.5, 0.6) is 0 Å². The van der Waals surface area contributed by atoms with Crippen molar-refractivity contribution in [2.75, 3.05) is 0 Å². The Labute approximate surface area is 191 Å². The predicted molar refractivity (Wildman–Crippen MR) is 123 cm³/mol. The van der Waals surface area contributed by atoms with Crippen LogP contribution < -0.4 is 5.32 Å². The van der Waals surface area contributed by atoms with E-state index in [2.05, 4.69) is 20.1 Å². The molecule has 0 atom stereocenters. The number of amides is 1. The highest BCUT2D eigenvalue weighted by Crippen LogP contribution is 2.33. The van der Waals surface area contributed by atoms with Crippen LogP contribution in [-0.2, 0) is 13.6 Å². The molecule has 168 valence electrons. The summed E-state index contributed by atoms with van der Waals surface area (Å²) in [5.74, 6) is -0.546. The van der Waals surface area contributed by atoms with Crippen molar-refractivity contribution in [3.8, 4) is 22.5 Å². The van der Waals surface area contributed by atoms with Crippen molar-refractivity contribution in [2.45, 2.75) is 38.3 Å². The number of halogens is 1. The van der Waals surface area contributed by atoms with E-state index in [1.807, 2.05) is 18.2 Å². The predicted octanol–water partition coefficient (Wildman–Crippen LogP) is 4.53. The molecule has 7 nitrogen and oxygen atoms in total. The van der Waals surface area contributed by atoms with Crippen LogP contribution in [0, 0.1) is 5.82 Å². The van der Waals surface area contributed by atoms with E-state index in [1.165, 1.54) is 29.7 Å². The summed E-state index contributed by atoms with van der Waals surface area (Å²) >= 11 is 0. The van der Waals surface area contributed by atoms with E-state index in [0.717, 1.165) is 35.4 Å². The summed E-state index contributed by atoms with van der Waals surface area (Å²) in [5.41, 5.74) is 4.73. The van der Waals surface area contributed by atoms with Crippen LogP contribution in [0.3, 0.4) is 0 Å². The number of pyridine rings is 1. The molecule has 8 heteroatoms.